The second-order valence-corrected chi connectivity index (χ2v) is 33.1. The molecule has 12 aromatic rings. The molecule has 2 aromatic heterocycles. The lowest BCUT2D eigenvalue weighted by molar-refractivity contribution is 0.590. The van der Waals surface area contributed by atoms with Crippen LogP contribution in [-0.2, 0) is 32.5 Å². The molecule has 4 heterocycles. The quantitative estimate of drug-likeness (QED) is 0.154. The van der Waals surface area contributed by atoms with Gasteiger partial charge in [0.05, 0.1) is 16.7 Å². The Morgan fingerprint density at radius 2 is 0.733 bits per heavy atom. The van der Waals surface area contributed by atoms with Gasteiger partial charge in [-0.2, -0.15) is 0 Å². The van der Waals surface area contributed by atoms with Gasteiger partial charge in [-0.25, -0.2) is 0 Å². The monoisotopic (exact) mass is 1190 g/mol. The van der Waals surface area contributed by atoms with Crippen LogP contribution in [0.3, 0.4) is 0 Å². The van der Waals surface area contributed by atoms with Gasteiger partial charge in [-0.1, -0.05) is 216 Å². The first kappa shape index (κ1) is 59.3. The van der Waals surface area contributed by atoms with Crippen molar-refractivity contribution in [2.45, 2.75) is 157 Å². The van der Waals surface area contributed by atoms with Crippen molar-refractivity contribution < 1.29 is 0 Å². The van der Waals surface area contributed by atoms with E-state index in [1.165, 1.54) is 120 Å². The summed E-state index contributed by atoms with van der Waals surface area (Å²) in [6.45, 7) is 41.6. The molecule has 6 heteroatoms. The predicted octanol–water partition coefficient (Wildman–Crippen LogP) is 22.5. The second kappa shape index (κ2) is 20.6. The van der Waals surface area contributed by atoms with Crippen LogP contribution in [0.15, 0.2) is 200 Å². The molecule has 0 fully saturated rings. The van der Waals surface area contributed by atoms with Gasteiger partial charge >= 0.3 is 0 Å². The highest BCUT2D eigenvalue weighted by Crippen LogP contribution is 2.51. The molecule has 10 aromatic carbocycles. The number of fused-ring (bicyclic) bond motifs is 11. The van der Waals surface area contributed by atoms with Gasteiger partial charge in [-0.05, 0) is 191 Å². The number of thiophene rings is 1. The molecule has 14 rings (SSSR count). The number of hydrogen-bond acceptors (Lipinski definition) is 4. The predicted molar refractivity (Wildman–Crippen MR) is 395 cm³/mol. The highest BCUT2D eigenvalue weighted by Gasteiger charge is 2.46. The molecular weight excluding hydrogens is 1110 g/mol. The van der Waals surface area contributed by atoms with E-state index in [2.05, 4.69) is 344 Å². The molecular formula is C84H87BN4S. The van der Waals surface area contributed by atoms with Crippen LogP contribution in [0.2, 0.25) is 0 Å². The Bertz CT molecular complexity index is 4680. The standard InChI is InChI=1S/C84H87BN4S/c1-79(2,3)52-26-36-58(37-27-52)86(59-38-28-53(29-39-59)80(4,5)6)62-44-45-66-71(50-62)87(60-40-30-54(31-41-60)81(7,8)9)69-23-21-24-70-76(69)85(66)77-73(88(70)61-42-32-55(33-43-61)82(10,11)12)51-72(75-63-22-19-20-25-74(63)90-78(75)77)89-67-46-34-56(83(13,14)15)48-64(67)65-49-57(84(16,17)18)35-47-68(65)89/h19-51H,1-18H3. The highest BCUT2D eigenvalue weighted by atomic mass is 32.1. The third kappa shape index (κ3) is 9.86. The van der Waals surface area contributed by atoms with E-state index in [0.717, 1.165) is 28.4 Å². The molecule has 0 saturated heterocycles. The molecule has 0 aliphatic carbocycles. The third-order valence-electron chi connectivity index (χ3n) is 19.5. The van der Waals surface area contributed by atoms with E-state index in [1.807, 2.05) is 11.3 Å². The van der Waals surface area contributed by atoms with Gasteiger partial charge in [0.15, 0.2) is 0 Å². The molecule has 0 saturated carbocycles. The maximum atomic E-state index is 2.62. The molecule has 452 valence electrons. The molecule has 2 aliphatic rings. The van der Waals surface area contributed by atoms with Gasteiger partial charge in [0.2, 0.25) is 0 Å². The minimum absolute atomic E-state index is 0.0108. The van der Waals surface area contributed by atoms with E-state index in [-0.39, 0.29) is 39.2 Å². The first-order valence-electron chi connectivity index (χ1n) is 32.6. The second-order valence-electron chi connectivity index (χ2n) is 32.0. The van der Waals surface area contributed by atoms with E-state index in [4.69, 9.17) is 0 Å². The summed E-state index contributed by atoms with van der Waals surface area (Å²) in [5.41, 5.74) is 25.8. The van der Waals surface area contributed by atoms with Crippen molar-refractivity contribution in [2.75, 3.05) is 14.7 Å². The van der Waals surface area contributed by atoms with E-state index >= 15 is 0 Å². The normalized spacial score (nSPS) is 13.8. The topological polar surface area (TPSA) is 14.7 Å². The van der Waals surface area contributed by atoms with Gasteiger partial charge < -0.3 is 19.3 Å². The van der Waals surface area contributed by atoms with Crippen molar-refractivity contribution in [1.29, 1.82) is 0 Å². The number of rotatable bonds is 6. The fourth-order valence-corrected chi connectivity index (χ4v) is 15.5. The highest BCUT2D eigenvalue weighted by molar-refractivity contribution is 7.28. The number of aromatic nitrogens is 1. The van der Waals surface area contributed by atoms with E-state index in [9.17, 15) is 0 Å². The third-order valence-corrected chi connectivity index (χ3v) is 20.7. The largest absolute Gasteiger partial charge is 0.311 e. The van der Waals surface area contributed by atoms with Gasteiger partial charge in [-0.15, -0.1) is 11.3 Å². The molecule has 90 heavy (non-hydrogen) atoms. The Morgan fingerprint density at radius 1 is 0.322 bits per heavy atom. The Balaban J connectivity index is 1.10. The van der Waals surface area contributed by atoms with Gasteiger partial charge in [0.1, 0.15) is 0 Å². The van der Waals surface area contributed by atoms with Crippen LogP contribution in [0.25, 0.3) is 47.7 Å². The van der Waals surface area contributed by atoms with Crippen molar-refractivity contribution in [3.63, 3.8) is 0 Å². The molecule has 4 nitrogen and oxygen atoms in total. The molecule has 0 spiro atoms. The zero-order chi connectivity index (χ0) is 63.5. The molecule has 0 N–H and O–H groups in total. The lowest BCUT2D eigenvalue weighted by atomic mass is 9.33. The van der Waals surface area contributed by atoms with Crippen LogP contribution in [-0.4, -0.2) is 11.3 Å². The van der Waals surface area contributed by atoms with Gasteiger partial charge in [0, 0.05) is 82.1 Å². The molecule has 0 bridgehead atoms. The number of benzene rings is 10. The van der Waals surface area contributed by atoms with Gasteiger partial charge in [-0.3, -0.25) is 0 Å². The summed E-state index contributed by atoms with van der Waals surface area (Å²) >= 11 is 1.96. The van der Waals surface area contributed by atoms with Crippen LogP contribution >= 0.6 is 11.3 Å². The first-order valence-corrected chi connectivity index (χ1v) is 33.4. The molecule has 0 atom stereocenters. The SMILES string of the molecule is CC(C)(C)c1ccc(N(c2ccc(C(C)(C)C)cc2)c2ccc3c(c2)N(c2ccc(C(C)(C)C)cc2)c2cccc4c2B3c2c(cc(-n3c5ccc(C(C)(C)C)cc5c5cc(C(C)(C)C)ccc53)c3c2sc2ccccc23)N4c2ccc(C(C)(C)C)cc2)cc1. The molecule has 2 aliphatic heterocycles. The molecule has 0 amide bonds. The molecule has 0 unspecified atom stereocenters. The zero-order valence-electron chi connectivity index (χ0n) is 56.3. The van der Waals surface area contributed by atoms with Gasteiger partial charge in [0.25, 0.3) is 6.71 Å². The van der Waals surface area contributed by atoms with Crippen LogP contribution < -0.4 is 31.1 Å². The summed E-state index contributed by atoms with van der Waals surface area (Å²) in [6.07, 6.45) is 0. The van der Waals surface area contributed by atoms with E-state index in [1.54, 1.807) is 0 Å². The van der Waals surface area contributed by atoms with Crippen molar-refractivity contribution in [3.8, 4) is 5.69 Å². The van der Waals surface area contributed by atoms with Crippen molar-refractivity contribution >= 4 is 128 Å². The Morgan fingerprint density at radius 3 is 1.19 bits per heavy atom. The van der Waals surface area contributed by atoms with Crippen LogP contribution in [0, 0.1) is 0 Å². The van der Waals surface area contributed by atoms with Crippen molar-refractivity contribution in [3.05, 3.63) is 234 Å². The first-order chi connectivity index (χ1) is 42.4. The summed E-state index contributed by atoms with van der Waals surface area (Å²) in [5.74, 6) is 0. The zero-order valence-corrected chi connectivity index (χ0v) is 57.1. The maximum absolute atomic E-state index is 2.62. The van der Waals surface area contributed by atoms with Crippen molar-refractivity contribution in [2.24, 2.45) is 0 Å². The minimum atomic E-state index is -0.137. The van der Waals surface area contributed by atoms with E-state index in [0.29, 0.717) is 0 Å². The Labute approximate surface area is 539 Å². The van der Waals surface area contributed by atoms with Crippen molar-refractivity contribution in [1.82, 2.24) is 4.57 Å². The summed E-state index contributed by atoms with van der Waals surface area (Å²) in [4.78, 5) is 7.68. The summed E-state index contributed by atoms with van der Waals surface area (Å²) < 4.78 is 5.22. The number of anilines is 9. The number of nitrogens with zero attached hydrogens (tertiary/aromatic N) is 4. The summed E-state index contributed by atoms with van der Waals surface area (Å²) in [5, 5.41) is 5.14. The smallest absolute Gasteiger partial charge is 0.254 e. The Hall–Kier alpha value is -8.32. The lowest BCUT2D eigenvalue weighted by Crippen LogP contribution is -2.61. The Kier molecular flexibility index (Phi) is 13.6. The summed E-state index contributed by atoms with van der Waals surface area (Å²) in [7, 11) is 0. The fraction of sp³-hybridized carbons (Fsp3) is 0.286. The number of hydrogen-bond donors (Lipinski definition) is 0. The fourth-order valence-electron chi connectivity index (χ4n) is 14.2. The van der Waals surface area contributed by atoms with E-state index < -0.39 is 0 Å². The van der Waals surface area contributed by atoms with Crippen LogP contribution in [0.1, 0.15) is 158 Å². The lowest BCUT2D eigenvalue weighted by Gasteiger charge is -2.45. The summed E-state index contributed by atoms with van der Waals surface area (Å²) in [6, 6.07) is 78.3. The average Bonchev–Trinajstić information content (AvgIpc) is 1.20. The maximum Gasteiger partial charge on any atom is 0.254 e. The molecule has 0 radical (unpaired) electrons. The van der Waals surface area contributed by atoms with Crippen LogP contribution in [0.4, 0.5) is 51.2 Å². The minimum Gasteiger partial charge on any atom is -0.311 e. The van der Waals surface area contributed by atoms with Crippen LogP contribution in [0.5, 0.6) is 0 Å². The average molecular weight is 1200 g/mol.